The lowest BCUT2D eigenvalue weighted by atomic mass is 9.85. The molecule has 0 spiro atoms. The van der Waals surface area contributed by atoms with E-state index in [1.54, 1.807) is 12.4 Å². The molecule has 3 rings (SSSR count). The number of aromatic nitrogens is 3. The summed E-state index contributed by atoms with van der Waals surface area (Å²) in [4.78, 5) is 21.1. The largest absolute Gasteiger partial charge is 0.344 e. The van der Waals surface area contributed by atoms with E-state index in [0.717, 1.165) is 31.2 Å². The van der Waals surface area contributed by atoms with Crippen LogP contribution in [0.4, 0.5) is 0 Å². The Balaban J connectivity index is 1.73. The Morgan fingerprint density at radius 3 is 2.76 bits per heavy atom. The van der Waals surface area contributed by atoms with Crippen LogP contribution in [-0.2, 0) is 4.79 Å². The van der Waals surface area contributed by atoms with Crippen molar-refractivity contribution < 1.29 is 9.32 Å². The maximum atomic E-state index is 12.6. The van der Waals surface area contributed by atoms with Gasteiger partial charge in [0.2, 0.25) is 17.6 Å². The maximum absolute atomic E-state index is 12.6. The van der Waals surface area contributed by atoms with Crippen LogP contribution in [0.2, 0.25) is 0 Å². The second kappa shape index (κ2) is 7.74. The van der Waals surface area contributed by atoms with Gasteiger partial charge in [-0.25, -0.2) is 0 Å². The number of hydrogen-bond donors (Lipinski definition) is 2. The second-order valence-electron chi connectivity index (χ2n) is 7.05. The lowest BCUT2D eigenvalue weighted by Gasteiger charge is -2.28. The van der Waals surface area contributed by atoms with E-state index in [4.69, 9.17) is 10.3 Å². The van der Waals surface area contributed by atoms with Gasteiger partial charge in [-0.2, -0.15) is 4.98 Å². The van der Waals surface area contributed by atoms with Crippen molar-refractivity contribution in [3.8, 4) is 11.4 Å². The molecule has 2 heterocycles. The van der Waals surface area contributed by atoms with Gasteiger partial charge in [0.15, 0.2) is 0 Å². The fourth-order valence-corrected chi connectivity index (χ4v) is 3.23. The summed E-state index contributed by atoms with van der Waals surface area (Å²) in [7, 11) is 0. The fourth-order valence-electron chi connectivity index (χ4n) is 3.23. The average molecular weight is 343 g/mol. The highest BCUT2D eigenvalue weighted by Crippen LogP contribution is 2.27. The molecule has 134 valence electrons. The lowest BCUT2D eigenvalue weighted by Crippen LogP contribution is -2.40. The number of rotatable bonds is 5. The number of hydrogen-bond acceptors (Lipinski definition) is 6. The van der Waals surface area contributed by atoms with Crippen LogP contribution in [0.25, 0.3) is 11.4 Å². The van der Waals surface area contributed by atoms with E-state index >= 15 is 0 Å². The van der Waals surface area contributed by atoms with Crippen molar-refractivity contribution in [3.05, 3.63) is 30.4 Å². The SMILES string of the molecule is CC(C)C(NC(=O)C1CCCC(N)C1)c1nc(-c2ccncc2)no1. The fraction of sp³-hybridized carbons (Fsp3) is 0.556. The molecule has 1 fully saturated rings. The van der Waals surface area contributed by atoms with Gasteiger partial charge in [-0.15, -0.1) is 0 Å². The average Bonchev–Trinajstić information content (AvgIpc) is 3.09. The van der Waals surface area contributed by atoms with Crippen molar-refractivity contribution >= 4 is 5.91 Å². The molecular weight excluding hydrogens is 318 g/mol. The molecule has 0 radical (unpaired) electrons. The highest BCUT2D eigenvalue weighted by atomic mass is 16.5. The molecule has 7 heteroatoms. The summed E-state index contributed by atoms with van der Waals surface area (Å²) >= 11 is 0. The number of nitrogens with zero attached hydrogens (tertiary/aromatic N) is 3. The maximum Gasteiger partial charge on any atom is 0.249 e. The van der Waals surface area contributed by atoms with Crippen LogP contribution in [0.15, 0.2) is 29.0 Å². The van der Waals surface area contributed by atoms with Crippen LogP contribution >= 0.6 is 0 Å². The minimum absolute atomic E-state index is 0.0255. The number of nitrogens with two attached hydrogens (primary N) is 1. The predicted octanol–water partition coefficient (Wildman–Crippen LogP) is 2.46. The van der Waals surface area contributed by atoms with Gasteiger partial charge in [0.05, 0.1) is 0 Å². The Hall–Kier alpha value is -2.28. The molecule has 0 aliphatic heterocycles. The molecule has 1 aliphatic rings. The Kier molecular flexibility index (Phi) is 5.43. The molecule has 3 unspecified atom stereocenters. The molecule has 3 N–H and O–H groups in total. The summed E-state index contributed by atoms with van der Waals surface area (Å²) in [6.45, 7) is 4.04. The van der Waals surface area contributed by atoms with E-state index in [1.165, 1.54) is 0 Å². The van der Waals surface area contributed by atoms with Gasteiger partial charge in [-0.1, -0.05) is 25.4 Å². The molecule has 25 heavy (non-hydrogen) atoms. The van der Waals surface area contributed by atoms with Gasteiger partial charge in [-0.3, -0.25) is 9.78 Å². The van der Waals surface area contributed by atoms with E-state index in [-0.39, 0.29) is 29.8 Å². The van der Waals surface area contributed by atoms with Crippen molar-refractivity contribution in [3.63, 3.8) is 0 Å². The summed E-state index contributed by atoms with van der Waals surface area (Å²) in [5, 5.41) is 7.12. The van der Waals surface area contributed by atoms with Crippen LogP contribution in [0.1, 0.15) is 51.5 Å². The summed E-state index contributed by atoms with van der Waals surface area (Å²) in [6, 6.07) is 3.44. The first-order chi connectivity index (χ1) is 12.0. The zero-order chi connectivity index (χ0) is 17.8. The Bertz CT molecular complexity index is 701. The molecule has 1 amide bonds. The third-order valence-corrected chi connectivity index (χ3v) is 4.70. The van der Waals surface area contributed by atoms with E-state index in [2.05, 4.69) is 20.4 Å². The van der Waals surface area contributed by atoms with Crippen molar-refractivity contribution in [2.45, 2.75) is 51.6 Å². The van der Waals surface area contributed by atoms with E-state index < -0.39 is 0 Å². The molecule has 0 bridgehead atoms. The predicted molar refractivity (Wildman–Crippen MR) is 93.2 cm³/mol. The molecule has 0 saturated heterocycles. The lowest BCUT2D eigenvalue weighted by molar-refractivity contribution is -0.127. The number of carbonyl (C=O) groups excluding carboxylic acids is 1. The van der Waals surface area contributed by atoms with Gasteiger partial charge in [-0.05, 0) is 37.3 Å². The summed E-state index contributed by atoms with van der Waals surface area (Å²) in [5.41, 5.74) is 6.84. The molecule has 2 aromatic heterocycles. The summed E-state index contributed by atoms with van der Waals surface area (Å²) in [6.07, 6.45) is 6.98. The standard InChI is InChI=1S/C18H25N5O2/c1-11(2)15(21-17(24)13-4-3-5-14(19)10-13)18-22-16(23-25-18)12-6-8-20-9-7-12/h6-9,11,13-15H,3-5,10,19H2,1-2H3,(H,21,24). The molecule has 7 nitrogen and oxygen atoms in total. The molecule has 2 aromatic rings. The van der Waals surface area contributed by atoms with Crippen LogP contribution in [0.5, 0.6) is 0 Å². The van der Waals surface area contributed by atoms with Crippen molar-refractivity contribution in [1.82, 2.24) is 20.4 Å². The minimum Gasteiger partial charge on any atom is -0.344 e. The molecule has 1 aliphatic carbocycles. The minimum atomic E-state index is -0.311. The Labute approximate surface area is 147 Å². The Morgan fingerprint density at radius 2 is 2.08 bits per heavy atom. The first-order valence-corrected chi connectivity index (χ1v) is 8.84. The van der Waals surface area contributed by atoms with E-state index in [9.17, 15) is 4.79 Å². The van der Waals surface area contributed by atoms with Gasteiger partial charge in [0, 0.05) is 29.9 Å². The molecule has 0 aromatic carbocycles. The normalized spacial score (nSPS) is 21.9. The highest BCUT2D eigenvalue weighted by molar-refractivity contribution is 5.79. The highest BCUT2D eigenvalue weighted by Gasteiger charge is 2.30. The third kappa shape index (κ3) is 4.22. The second-order valence-corrected chi connectivity index (χ2v) is 7.05. The van der Waals surface area contributed by atoms with Crippen molar-refractivity contribution in [2.24, 2.45) is 17.6 Å². The zero-order valence-corrected chi connectivity index (χ0v) is 14.7. The molecular formula is C18H25N5O2. The van der Waals surface area contributed by atoms with Crippen molar-refractivity contribution in [2.75, 3.05) is 0 Å². The Morgan fingerprint density at radius 1 is 1.32 bits per heavy atom. The van der Waals surface area contributed by atoms with Crippen LogP contribution in [-0.4, -0.2) is 27.1 Å². The number of carbonyl (C=O) groups is 1. The topological polar surface area (TPSA) is 107 Å². The van der Waals surface area contributed by atoms with Gasteiger partial charge in [0.25, 0.3) is 0 Å². The van der Waals surface area contributed by atoms with Gasteiger partial charge in [0.1, 0.15) is 6.04 Å². The quantitative estimate of drug-likeness (QED) is 0.863. The van der Waals surface area contributed by atoms with Crippen LogP contribution in [0, 0.1) is 11.8 Å². The first-order valence-electron chi connectivity index (χ1n) is 8.84. The monoisotopic (exact) mass is 343 g/mol. The summed E-state index contributed by atoms with van der Waals surface area (Å²) < 4.78 is 5.43. The third-order valence-electron chi connectivity index (χ3n) is 4.70. The number of amides is 1. The van der Waals surface area contributed by atoms with Crippen LogP contribution < -0.4 is 11.1 Å². The van der Waals surface area contributed by atoms with Crippen LogP contribution in [0.3, 0.4) is 0 Å². The molecule has 3 atom stereocenters. The molecule has 1 saturated carbocycles. The number of pyridine rings is 1. The summed E-state index contributed by atoms with van der Waals surface area (Å²) in [5.74, 6) is 1.05. The number of nitrogens with one attached hydrogen (secondary N) is 1. The van der Waals surface area contributed by atoms with Crippen molar-refractivity contribution in [1.29, 1.82) is 0 Å². The van der Waals surface area contributed by atoms with E-state index in [1.807, 2.05) is 26.0 Å². The zero-order valence-electron chi connectivity index (χ0n) is 14.7. The van der Waals surface area contributed by atoms with Gasteiger partial charge < -0.3 is 15.6 Å². The first kappa shape index (κ1) is 17.5. The van der Waals surface area contributed by atoms with Gasteiger partial charge >= 0.3 is 0 Å². The van der Waals surface area contributed by atoms with E-state index in [0.29, 0.717) is 11.7 Å². The smallest absolute Gasteiger partial charge is 0.249 e.